The Morgan fingerprint density at radius 3 is 2.71 bits per heavy atom. The minimum atomic E-state index is -0.920. The second kappa shape index (κ2) is 6.93. The maximum Gasteiger partial charge on any atom is 0.335 e. The first-order valence-electron chi connectivity index (χ1n) is 7.95. The molecular formula is C19H21NO4. The third-order valence-corrected chi connectivity index (χ3v) is 4.44. The lowest BCUT2D eigenvalue weighted by Crippen LogP contribution is -2.28. The lowest BCUT2D eigenvalue weighted by Gasteiger charge is -2.27. The summed E-state index contributed by atoms with van der Waals surface area (Å²) in [6.07, 6.45) is 0. The highest BCUT2D eigenvalue weighted by molar-refractivity contribution is 5.88. The molecule has 126 valence electrons. The molecule has 0 bridgehead atoms. The van der Waals surface area contributed by atoms with E-state index in [0.717, 1.165) is 30.2 Å². The van der Waals surface area contributed by atoms with Gasteiger partial charge in [-0.1, -0.05) is 12.1 Å². The molecule has 1 unspecified atom stereocenters. The molecular weight excluding hydrogens is 306 g/mol. The quantitative estimate of drug-likeness (QED) is 0.933. The molecule has 5 nitrogen and oxygen atoms in total. The van der Waals surface area contributed by atoms with Crippen LogP contribution in [0.5, 0.6) is 11.5 Å². The van der Waals surface area contributed by atoms with Crippen LogP contribution < -0.4 is 9.47 Å². The summed E-state index contributed by atoms with van der Waals surface area (Å²) in [4.78, 5) is 13.5. The zero-order valence-electron chi connectivity index (χ0n) is 13.9. The molecule has 2 aromatic rings. The Hall–Kier alpha value is -2.53. The van der Waals surface area contributed by atoms with Crippen LogP contribution in [0.4, 0.5) is 0 Å². The molecule has 2 aromatic carbocycles. The smallest absolute Gasteiger partial charge is 0.335 e. The van der Waals surface area contributed by atoms with Gasteiger partial charge in [0.15, 0.2) is 0 Å². The number of fused-ring (bicyclic) bond motifs is 1. The molecule has 24 heavy (non-hydrogen) atoms. The Balaban J connectivity index is 1.84. The largest absolute Gasteiger partial charge is 0.497 e. The van der Waals surface area contributed by atoms with Crippen LogP contribution in [0.15, 0.2) is 42.5 Å². The number of nitrogens with zero attached hydrogens (tertiary/aromatic N) is 1. The van der Waals surface area contributed by atoms with Crippen LogP contribution >= 0.6 is 0 Å². The number of methoxy groups -OCH3 is 1. The predicted octanol–water partition coefficient (Wildman–Crippen LogP) is 3.35. The van der Waals surface area contributed by atoms with E-state index in [1.807, 2.05) is 24.3 Å². The molecule has 0 fully saturated rings. The topological polar surface area (TPSA) is 59.0 Å². The zero-order chi connectivity index (χ0) is 17.1. The van der Waals surface area contributed by atoms with Crippen molar-refractivity contribution in [2.45, 2.75) is 19.5 Å². The summed E-state index contributed by atoms with van der Waals surface area (Å²) < 4.78 is 11.0. The van der Waals surface area contributed by atoms with Crippen molar-refractivity contribution in [3.8, 4) is 11.5 Å². The van der Waals surface area contributed by atoms with Crippen molar-refractivity contribution in [3.63, 3.8) is 0 Å². The highest BCUT2D eigenvalue weighted by Gasteiger charge is 2.24. The fourth-order valence-corrected chi connectivity index (χ4v) is 2.98. The summed E-state index contributed by atoms with van der Waals surface area (Å²) in [5, 5.41) is 9.23. The molecule has 1 N–H and O–H groups in total. The monoisotopic (exact) mass is 327 g/mol. The standard InChI is InChI=1S/C19H21NO4/c1-13-17-11-15(19(21)22)5-8-18(17)24-10-9-20(13)12-14-3-6-16(23-2)7-4-14/h3-8,11,13H,9-10,12H2,1-2H3,(H,21,22). The van der Waals surface area contributed by atoms with E-state index in [9.17, 15) is 9.90 Å². The van der Waals surface area contributed by atoms with Gasteiger partial charge in [-0.3, -0.25) is 4.90 Å². The number of hydrogen-bond acceptors (Lipinski definition) is 4. The first kappa shape index (κ1) is 16.3. The Bertz CT molecular complexity index is 727. The Labute approximate surface area is 141 Å². The van der Waals surface area contributed by atoms with Gasteiger partial charge in [0.05, 0.1) is 12.7 Å². The number of carboxylic acid groups (broad SMARTS) is 1. The van der Waals surface area contributed by atoms with E-state index >= 15 is 0 Å². The van der Waals surface area contributed by atoms with Crippen LogP contribution in [0, 0.1) is 0 Å². The van der Waals surface area contributed by atoms with E-state index in [1.54, 1.807) is 25.3 Å². The summed E-state index contributed by atoms with van der Waals surface area (Å²) in [7, 11) is 1.65. The Kier molecular flexibility index (Phi) is 4.71. The van der Waals surface area contributed by atoms with E-state index in [-0.39, 0.29) is 11.6 Å². The number of ether oxygens (including phenoxy) is 2. The van der Waals surface area contributed by atoms with Gasteiger partial charge in [-0.15, -0.1) is 0 Å². The highest BCUT2D eigenvalue weighted by atomic mass is 16.5. The maximum absolute atomic E-state index is 11.2. The van der Waals surface area contributed by atoms with E-state index in [4.69, 9.17) is 9.47 Å². The van der Waals surface area contributed by atoms with Gasteiger partial charge in [-0.2, -0.15) is 0 Å². The number of benzene rings is 2. The molecule has 0 amide bonds. The minimum Gasteiger partial charge on any atom is -0.497 e. The zero-order valence-corrected chi connectivity index (χ0v) is 13.9. The summed E-state index contributed by atoms with van der Waals surface area (Å²) in [6.45, 7) is 4.22. The summed E-state index contributed by atoms with van der Waals surface area (Å²) in [5.74, 6) is 0.683. The first-order valence-corrected chi connectivity index (χ1v) is 7.95. The number of hydrogen-bond donors (Lipinski definition) is 1. The predicted molar refractivity (Wildman–Crippen MR) is 90.7 cm³/mol. The molecule has 0 radical (unpaired) electrons. The van der Waals surface area contributed by atoms with Crippen LogP contribution in [-0.4, -0.2) is 36.2 Å². The first-order chi connectivity index (χ1) is 11.6. The molecule has 3 rings (SSSR count). The van der Waals surface area contributed by atoms with Gasteiger partial charge in [0.2, 0.25) is 0 Å². The molecule has 5 heteroatoms. The third kappa shape index (κ3) is 3.36. The molecule has 0 spiro atoms. The van der Waals surface area contributed by atoms with Gasteiger partial charge >= 0.3 is 5.97 Å². The Morgan fingerprint density at radius 1 is 1.29 bits per heavy atom. The van der Waals surface area contributed by atoms with E-state index < -0.39 is 5.97 Å². The van der Waals surface area contributed by atoms with Crippen molar-refractivity contribution in [1.82, 2.24) is 4.90 Å². The van der Waals surface area contributed by atoms with Gasteiger partial charge < -0.3 is 14.6 Å². The molecule has 0 aliphatic carbocycles. The van der Waals surface area contributed by atoms with Gasteiger partial charge in [0.25, 0.3) is 0 Å². The van der Waals surface area contributed by atoms with E-state index in [2.05, 4.69) is 11.8 Å². The summed E-state index contributed by atoms with van der Waals surface area (Å²) in [6, 6.07) is 13.1. The van der Waals surface area contributed by atoms with Crippen molar-refractivity contribution in [3.05, 3.63) is 59.2 Å². The lowest BCUT2D eigenvalue weighted by atomic mass is 10.0. The number of rotatable bonds is 4. The van der Waals surface area contributed by atoms with Crippen LogP contribution in [-0.2, 0) is 6.54 Å². The highest BCUT2D eigenvalue weighted by Crippen LogP contribution is 2.33. The molecule has 0 aromatic heterocycles. The molecule has 0 saturated carbocycles. The molecule has 0 saturated heterocycles. The normalized spacial score (nSPS) is 17.5. The Morgan fingerprint density at radius 2 is 2.04 bits per heavy atom. The fraction of sp³-hybridized carbons (Fsp3) is 0.316. The second-order valence-corrected chi connectivity index (χ2v) is 5.90. The van der Waals surface area contributed by atoms with Crippen LogP contribution in [0.2, 0.25) is 0 Å². The molecule has 1 atom stereocenters. The molecule has 1 aliphatic heterocycles. The van der Waals surface area contributed by atoms with Crippen molar-refractivity contribution >= 4 is 5.97 Å². The van der Waals surface area contributed by atoms with Gasteiger partial charge in [0, 0.05) is 24.7 Å². The fourth-order valence-electron chi connectivity index (χ4n) is 2.98. The number of carboxylic acids is 1. The van der Waals surface area contributed by atoms with Crippen molar-refractivity contribution in [2.75, 3.05) is 20.3 Å². The second-order valence-electron chi connectivity index (χ2n) is 5.90. The maximum atomic E-state index is 11.2. The number of carbonyl (C=O) groups is 1. The van der Waals surface area contributed by atoms with Crippen molar-refractivity contribution in [1.29, 1.82) is 0 Å². The lowest BCUT2D eigenvalue weighted by molar-refractivity contribution is 0.0696. The summed E-state index contributed by atoms with van der Waals surface area (Å²) >= 11 is 0. The molecule has 1 heterocycles. The average molecular weight is 327 g/mol. The van der Waals surface area contributed by atoms with Gasteiger partial charge in [-0.25, -0.2) is 4.79 Å². The van der Waals surface area contributed by atoms with Crippen molar-refractivity contribution < 1.29 is 19.4 Å². The molecule has 1 aliphatic rings. The van der Waals surface area contributed by atoms with Gasteiger partial charge in [0.1, 0.15) is 18.1 Å². The van der Waals surface area contributed by atoms with Crippen LogP contribution in [0.1, 0.15) is 34.5 Å². The summed E-state index contributed by atoms with van der Waals surface area (Å²) in [5.41, 5.74) is 2.39. The van der Waals surface area contributed by atoms with Crippen LogP contribution in [0.3, 0.4) is 0 Å². The van der Waals surface area contributed by atoms with E-state index in [0.29, 0.717) is 6.61 Å². The van der Waals surface area contributed by atoms with Crippen molar-refractivity contribution in [2.24, 2.45) is 0 Å². The average Bonchev–Trinajstić information content (AvgIpc) is 2.75. The SMILES string of the molecule is COc1ccc(CN2CCOc3ccc(C(=O)O)cc3C2C)cc1. The van der Waals surface area contributed by atoms with E-state index in [1.165, 1.54) is 5.56 Å². The minimum absolute atomic E-state index is 0.0731. The van der Waals surface area contributed by atoms with Crippen LogP contribution in [0.25, 0.3) is 0 Å². The van der Waals surface area contributed by atoms with Gasteiger partial charge in [-0.05, 0) is 42.8 Å². The third-order valence-electron chi connectivity index (χ3n) is 4.44. The number of aromatic carboxylic acids is 1.